The fraction of sp³-hybridized carbons (Fsp3) is 0.150. The highest BCUT2D eigenvalue weighted by molar-refractivity contribution is 8.01. The number of thiazole rings is 1. The van der Waals surface area contributed by atoms with Crippen molar-refractivity contribution in [1.82, 2.24) is 4.98 Å². The lowest BCUT2D eigenvalue weighted by molar-refractivity contribution is -0.120. The molecule has 1 aliphatic heterocycles. The minimum atomic E-state index is -0.522. The molecule has 2 aromatic carbocycles. The zero-order valence-electron chi connectivity index (χ0n) is 15.1. The van der Waals surface area contributed by atoms with Crippen molar-refractivity contribution in [1.29, 1.82) is 0 Å². The number of thioether (sulfide) groups is 1. The van der Waals surface area contributed by atoms with Crippen molar-refractivity contribution in [3.63, 3.8) is 0 Å². The van der Waals surface area contributed by atoms with E-state index in [4.69, 9.17) is 16.3 Å². The molecule has 29 heavy (non-hydrogen) atoms. The zero-order valence-corrected chi connectivity index (χ0v) is 17.4. The maximum Gasteiger partial charge on any atom is 0.238 e. The van der Waals surface area contributed by atoms with Crippen LogP contribution < -0.4 is 15.4 Å². The Morgan fingerprint density at radius 2 is 2.14 bits per heavy atom. The van der Waals surface area contributed by atoms with Crippen molar-refractivity contribution in [3.05, 3.63) is 64.1 Å². The van der Waals surface area contributed by atoms with Crippen LogP contribution in [0, 0.1) is 0 Å². The van der Waals surface area contributed by atoms with Gasteiger partial charge >= 0.3 is 0 Å². The van der Waals surface area contributed by atoms with E-state index in [1.165, 1.54) is 23.1 Å². The van der Waals surface area contributed by atoms with Crippen molar-refractivity contribution in [2.45, 2.75) is 23.2 Å². The van der Waals surface area contributed by atoms with Gasteiger partial charge in [0.15, 0.2) is 0 Å². The molecule has 1 aliphatic rings. The highest BCUT2D eigenvalue weighted by Gasteiger charge is 2.29. The Balaban J connectivity index is 1.40. The van der Waals surface area contributed by atoms with E-state index in [0.29, 0.717) is 28.8 Å². The van der Waals surface area contributed by atoms with Crippen LogP contribution >= 0.6 is 34.7 Å². The first-order valence-corrected chi connectivity index (χ1v) is 10.9. The number of fused-ring (bicyclic) bond motifs is 1. The van der Waals surface area contributed by atoms with Gasteiger partial charge in [-0.2, -0.15) is 0 Å². The summed E-state index contributed by atoms with van der Waals surface area (Å²) in [5.41, 5.74) is 3.79. The summed E-state index contributed by atoms with van der Waals surface area (Å²) in [5, 5.41) is 7.60. The number of carbonyl (C=O) groups is 2. The van der Waals surface area contributed by atoms with Crippen LogP contribution in [-0.4, -0.2) is 22.0 Å². The Labute approximate surface area is 180 Å². The van der Waals surface area contributed by atoms with Crippen LogP contribution in [0.3, 0.4) is 0 Å². The van der Waals surface area contributed by atoms with Crippen LogP contribution in [0.15, 0.2) is 58.3 Å². The predicted molar refractivity (Wildman–Crippen MR) is 116 cm³/mol. The average molecular weight is 446 g/mol. The summed E-state index contributed by atoms with van der Waals surface area (Å²) in [6.07, 6.45) is 0.0407. The topological polar surface area (TPSA) is 80.3 Å². The van der Waals surface area contributed by atoms with Gasteiger partial charge in [-0.15, -0.1) is 23.1 Å². The molecule has 6 nitrogen and oxygen atoms in total. The van der Waals surface area contributed by atoms with Crippen molar-refractivity contribution >= 4 is 57.9 Å². The summed E-state index contributed by atoms with van der Waals surface area (Å²) in [6, 6.07) is 12.5. The molecule has 0 fully saturated rings. The second kappa shape index (κ2) is 8.86. The summed E-state index contributed by atoms with van der Waals surface area (Å²) in [4.78, 5) is 30.0. The number of ether oxygens (including phenoxy) is 1. The molecule has 0 bridgehead atoms. The van der Waals surface area contributed by atoms with Gasteiger partial charge < -0.3 is 15.4 Å². The van der Waals surface area contributed by atoms with E-state index in [1.54, 1.807) is 29.8 Å². The molecule has 0 radical (unpaired) electrons. The molecule has 0 saturated carbocycles. The molecule has 2 heterocycles. The van der Waals surface area contributed by atoms with Gasteiger partial charge in [0, 0.05) is 21.7 Å². The lowest BCUT2D eigenvalue weighted by atomic mass is 10.2. The first-order valence-electron chi connectivity index (χ1n) is 8.74. The van der Waals surface area contributed by atoms with Gasteiger partial charge in [0.2, 0.25) is 11.8 Å². The molecule has 2 amide bonds. The van der Waals surface area contributed by atoms with Gasteiger partial charge in [-0.05, 0) is 30.3 Å². The maximum atomic E-state index is 12.6. The monoisotopic (exact) mass is 445 g/mol. The van der Waals surface area contributed by atoms with E-state index < -0.39 is 5.25 Å². The molecule has 9 heteroatoms. The standard InChI is InChI=1S/C20H16ClN3O3S2/c21-12-5-6-17-15(7-12)24-20(26)18(29-17)8-19(25)23-14-3-1-2-4-16(14)27-9-13-10-28-11-22-13/h1-7,10-11,18H,8-9H2,(H,23,25)(H,24,26). The van der Waals surface area contributed by atoms with Gasteiger partial charge in [0.25, 0.3) is 0 Å². The number of halogens is 1. The van der Waals surface area contributed by atoms with Crippen molar-refractivity contribution < 1.29 is 14.3 Å². The second-order valence-corrected chi connectivity index (χ2v) is 8.65. The first kappa shape index (κ1) is 19.8. The number of anilines is 2. The summed E-state index contributed by atoms with van der Waals surface area (Å²) in [7, 11) is 0. The number of para-hydroxylation sites is 2. The maximum absolute atomic E-state index is 12.6. The van der Waals surface area contributed by atoms with Gasteiger partial charge in [-0.1, -0.05) is 23.7 Å². The molecular weight excluding hydrogens is 430 g/mol. The Kier molecular flexibility index (Phi) is 6.03. The van der Waals surface area contributed by atoms with Gasteiger partial charge in [-0.3, -0.25) is 9.59 Å². The van der Waals surface area contributed by atoms with Gasteiger partial charge in [-0.25, -0.2) is 4.98 Å². The largest absolute Gasteiger partial charge is 0.485 e. The predicted octanol–water partition coefficient (Wildman–Crippen LogP) is 4.82. The summed E-state index contributed by atoms with van der Waals surface area (Å²) < 4.78 is 5.78. The van der Waals surface area contributed by atoms with E-state index in [-0.39, 0.29) is 18.2 Å². The Morgan fingerprint density at radius 1 is 1.28 bits per heavy atom. The molecule has 0 aliphatic carbocycles. The molecule has 1 aromatic heterocycles. The van der Waals surface area contributed by atoms with Crippen molar-refractivity contribution in [2.75, 3.05) is 10.6 Å². The number of benzene rings is 2. The number of nitrogens with one attached hydrogen (secondary N) is 2. The van der Waals surface area contributed by atoms with Crippen molar-refractivity contribution in [3.8, 4) is 5.75 Å². The zero-order chi connectivity index (χ0) is 20.2. The van der Waals surface area contributed by atoms with Crippen LogP contribution in [0.4, 0.5) is 11.4 Å². The number of rotatable bonds is 6. The highest BCUT2D eigenvalue weighted by Crippen LogP contribution is 2.38. The molecule has 148 valence electrons. The third-order valence-corrected chi connectivity index (χ3v) is 6.30. The third kappa shape index (κ3) is 4.90. The van der Waals surface area contributed by atoms with E-state index in [9.17, 15) is 9.59 Å². The van der Waals surface area contributed by atoms with E-state index in [2.05, 4.69) is 15.6 Å². The van der Waals surface area contributed by atoms with Crippen LogP contribution in [0.2, 0.25) is 5.02 Å². The molecule has 1 unspecified atom stereocenters. The fourth-order valence-electron chi connectivity index (χ4n) is 2.78. The summed E-state index contributed by atoms with van der Waals surface area (Å²) in [6.45, 7) is 0.316. The van der Waals surface area contributed by atoms with Gasteiger partial charge in [0.1, 0.15) is 12.4 Å². The van der Waals surface area contributed by atoms with E-state index in [0.717, 1.165) is 10.6 Å². The Morgan fingerprint density at radius 3 is 2.97 bits per heavy atom. The smallest absolute Gasteiger partial charge is 0.238 e. The molecule has 4 rings (SSSR count). The number of carbonyl (C=O) groups excluding carboxylic acids is 2. The Bertz CT molecular complexity index is 1040. The molecule has 2 N–H and O–H groups in total. The number of amides is 2. The van der Waals surface area contributed by atoms with Crippen LogP contribution in [0.25, 0.3) is 0 Å². The fourth-order valence-corrected chi connectivity index (χ4v) is 4.59. The van der Waals surface area contributed by atoms with Gasteiger partial charge in [0.05, 0.1) is 27.8 Å². The Hall–Kier alpha value is -2.55. The average Bonchev–Trinajstić information content (AvgIpc) is 3.22. The second-order valence-electron chi connectivity index (χ2n) is 6.25. The minimum Gasteiger partial charge on any atom is -0.485 e. The number of hydrogen-bond donors (Lipinski definition) is 2. The molecule has 0 saturated heterocycles. The highest BCUT2D eigenvalue weighted by atomic mass is 35.5. The lowest BCUT2D eigenvalue weighted by Gasteiger charge is -2.24. The lowest BCUT2D eigenvalue weighted by Crippen LogP contribution is -2.32. The number of nitrogens with zero attached hydrogens (tertiary/aromatic N) is 1. The molecular formula is C20H16ClN3O3S2. The minimum absolute atomic E-state index is 0.0407. The van der Waals surface area contributed by atoms with E-state index in [1.807, 2.05) is 23.6 Å². The van der Waals surface area contributed by atoms with Crippen LogP contribution in [0.1, 0.15) is 12.1 Å². The molecule has 0 spiro atoms. The van der Waals surface area contributed by atoms with Crippen LogP contribution in [-0.2, 0) is 16.2 Å². The van der Waals surface area contributed by atoms with Crippen LogP contribution in [0.5, 0.6) is 5.75 Å². The quantitative estimate of drug-likeness (QED) is 0.568. The third-order valence-electron chi connectivity index (χ3n) is 4.15. The SMILES string of the molecule is O=C(CC1Sc2ccc(Cl)cc2NC1=O)Nc1ccccc1OCc1cscn1. The molecule has 3 aromatic rings. The number of aromatic nitrogens is 1. The normalized spacial score (nSPS) is 15.3. The summed E-state index contributed by atoms with van der Waals surface area (Å²) in [5.74, 6) is 0.0716. The van der Waals surface area contributed by atoms with Crippen molar-refractivity contribution in [2.24, 2.45) is 0 Å². The first-order chi connectivity index (χ1) is 14.1. The summed E-state index contributed by atoms with van der Waals surface area (Å²) >= 11 is 8.82. The van der Waals surface area contributed by atoms with E-state index >= 15 is 0 Å². The molecule has 1 atom stereocenters. The number of hydrogen-bond acceptors (Lipinski definition) is 6.